The highest BCUT2D eigenvalue weighted by molar-refractivity contribution is 5.47. The minimum Gasteiger partial charge on any atom is -0.183 e. The summed E-state index contributed by atoms with van der Waals surface area (Å²) < 4.78 is 0. The molecule has 0 fully saturated rings. The van der Waals surface area contributed by atoms with E-state index in [1.807, 2.05) is 0 Å². The van der Waals surface area contributed by atoms with Crippen LogP contribution in [0.3, 0.4) is 0 Å². The van der Waals surface area contributed by atoms with E-state index in [1.54, 1.807) is 6.07 Å². The second kappa shape index (κ2) is 56.2. The molecule has 0 amide bonds. The summed E-state index contributed by atoms with van der Waals surface area (Å²) in [5.41, 5.74) is 0. The summed E-state index contributed by atoms with van der Waals surface area (Å²) in [5, 5.41) is 8.11. The highest BCUT2D eigenvalue weighted by Gasteiger charge is 1.58. The molecule has 0 rings (SSSR count). The Morgan fingerprint density at radius 1 is 0.281 bits per heavy atom. The van der Waals surface area contributed by atoms with Gasteiger partial charge in [-0.25, -0.2) is 0 Å². The average Bonchev–Trinajstić information content (AvgIpc) is 2.60. The first-order chi connectivity index (χ1) is 11.9. The minimum absolute atomic E-state index is 0. The molecule has 0 aliphatic rings. The van der Waals surface area contributed by atoms with Gasteiger partial charge in [0.1, 0.15) is 0 Å². The normalized spacial score (nSPS) is 2.81. The summed E-state index contributed by atoms with van der Waals surface area (Å²) in [6.45, 7) is 0. The summed E-state index contributed by atoms with van der Waals surface area (Å²) in [7, 11) is 0. The van der Waals surface area contributed by atoms with Gasteiger partial charge >= 0.3 is 0 Å². The van der Waals surface area contributed by atoms with Gasteiger partial charge in [-0.05, 0) is 47.4 Å². The van der Waals surface area contributed by atoms with Gasteiger partial charge < -0.3 is 0 Å². The molecule has 1 nitrogen and oxygen atoms in total. The zero-order valence-electron chi connectivity index (χ0n) is 12.0. The predicted molar refractivity (Wildman–Crippen MR) is 146 cm³/mol. The Balaban J connectivity index is -0.0000000945. The van der Waals surface area contributed by atoms with Crippen molar-refractivity contribution in [3.63, 3.8) is 0 Å². The van der Waals surface area contributed by atoms with Crippen LogP contribution in [0.4, 0.5) is 0 Å². The maximum absolute atomic E-state index is 8.11. The van der Waals surface area contributed by atoms with Crippen molar-refractivity contribution in [2.24, 2.45) is 0 Å². The molecule has 0 aromatic carbocycles. The molecule has 0 spiro atoms. The van der Waals surface area contributed by atoms with Crippen molar-refractivity contribution in [1.82, 2.24) is 0 Å². The fourth-order valence-corrected chi connectivity index (χ4v) is 0.627. The highest BCUT2D eigenvalue weighted by Crippen LogP contribution is 1.58. The van der Waals surface area contributed by atoms with Crippen LogP contribution in [-0.2, 0) is 0 Å². The molecule has 0 atom stereocenters. The smallest absolute Gasteiger partial charge is 0.153 e. The van der Waals surface area contributed by atoms with Crippen LogP contribution in [0.1, 0.15) is 59.4 Å². The molecule has 0 saturated heterocycles. The third-order valence-corrected chi connectivity index (χ3v) is 1.32. The molecule has 162 valence electrons. The lowest BCUT2D eigenvalue weighted by molar-refractivity contribution is 1.55. The van der Waals surface area contributed by atoms with Gasteiger partial charge in [-0.15, -0.1) is 6.42 Å². The lowest BCUT2D eigenvalue weighted by Crippen LogP contribution is -1.56. The fourth-order valence-electron chi connectivity index (χ4n) is 0.627. The summed E-state index contributed by atoms with van der Waals surface area (Å²) in [6, 6.07) is 1.62. The van der Waals surface area contributed by atoms with Gasteiger partial charge in [-0.1, -0.05) is 59.4 Å². The van der Waals surface area contributed by atoms with E-state index in [9.17, 15) is 0 Å². The van der Waals surface area contributed by atoms with Gasteiger partial charge in [-0.3, -0.25) is 0 Å². The number of nitriles is 1. The maximum Gasteiger partial charge on any atom is 0.153 e. The zero-order chi connectivity index (χ0) is 17.6. The first kappa shape index (κ1) is 56.3. The van der Waals surface area contributed by atoms with E-state index in [4.69, 9.17) is 11.7 Å². The summed E-state index contributed by atoms with van der Waals surface area (Å²) in [4.78, 5) is 0. The quantitative estimate of drug-likeness (QED) is 0.491. The maximum atomic E-state index is 8.11. The van der Waals surface area contributed by atoms with E-state index in [0.717, 1.165) is 0 Å². The number of nitrogens with zero attached hydrogens (tertiary/aromatic N) is 1. The second-order valence-electron chi connectivity index (χ2n) is 2.76. The van der Waals surface area contributed by atoms with Gasteiger partial charge in [-0.2, -0.15) is 5.26 Å². The van der Waals surface area contributed by atoms with Crippen LogP contribution in [0.25, 0.3) is 0 Å². The van der Waals surface area contributed by atoms with Crippen LogP contribution in [0.5, 0.6) is 0 Å². The van der Waals surface area contributed by atoms with Crippen molar-refractivity contribution in [1.29, 1.82) is 5.26 Å². The van der Waals surface area contributed by atoms with Gasteiger partial charge in [0.05, 0.1) is 0 Å². The molecule has 0 aromatic heterocycles. The molecule has 1 heteroatoms. The molecule has 0 aliphatic heterocycles. The van der Waals surface area contributed by atoms with Crippen LogP contribution in [0.15, 0.2) is 0 Å². The highest BCUT2D eigenvalue weighted by atomic mass is 14.2. The van der Waals surface area contributed by atoms with Crippen molar-refractivity contribution < 1.29 is 0 Å². The average molecular weight is 420 g/mol. The Hall–Kier alpha value is -5.35. The van der Waals surface area contributed by atoms with E-state index >= 15 is 0 Å². The fraction of sp³-hybridized carbons (Fsp3) is 0.258. The van der Waals surface area contributed by atoms with Crippen molar-refractivity contribution in [3.8, 4) is 137 Å². The predicted octanol–water partition coefficient (Wildman–Crippen LogP) is 5.27. The standard InChI is InChI=1S/C23HN.8CH4/c1-2-3-4-5-6-7-8-9-10-11-12-13-14-15-16-17-18-19-20-21-22-23-24;;;;;;;;/h1H;8*1H4. The van der Waals surface area contributed by atoms with Crippen LogP contribution in [0, 0.1) is 142 Å². The molecular weight excluding hydrogens is 386 g/mol. The van der Waals surface area contributed by atoms with Crippen molar-refractivity contribution in [2.45, 2.75) is 59.4 Å². The molecule has 0 unspecified atom stereocenters. The van der Waals surface area contributed by atoms with Crippen LogP contribution < -0.4 is 0 Å². The van der Waals surface area contributed by atoms with Crippen LogP contribution in [0.2, 0.25) is 0 Å². The monoisotopic (exact) mass is 419 g/mol. The number of hydrogen-bond donors (Lipinski definition) is 0. The number of terminal acetylenes is 1. The molecular formula is C31H33N. The molecule has 0 heterocycles. The summed E-state index contributed by atoms with van der Waals surface area (Å²) in [5.74, 6) is 50.4. The molecule has 0 saturated carbocycles. The largest absolute Gasteiger partial charge is 0.183 e. The Labute approximate surface area is 201 Å². The van der Waals surface area contributed by atoms with E-state index < -0.39 is 0 Å². The van der Waals surface area contributed by atoms with E-state index in [-0.39, 0.29) is 59.4 Å². The van der Waals surface area contributed by atoms with Gasteiger partial charge in [0.25, 0.3) is 0 Å². The third kappa shape index (κ3) is 56.3. The van der Waals surface area contributed by atoms with Crippen molar-refractivity contribution >= 4 is 0 Å². The Morgan fingerprint density at radius 3 is 0.594 bits per heavy atom. The Kier molecular flexibility index (Phi) is 98.9. The Morgan fingerprint density at radius 2 is 0.438 bits per heavy atom. The lowest BCUT2D eigenvalue weighted by Gasteiger charge is -1.56. The van der Waals surface area contributed by atoms with E-state index in [2.05, 4.69) is 124 Å². The van der Waals surface area contributed by atoms with Crippen LogP contribution in [-0.4, -0.2) is 0 Å². The third-order valence-electron chi connectivity index (χ3n) is 1.32. The number of hydrogen-bond acceptors (Lipinski definition) is 1. The molecule has 0 bridgehead atoms. The van der Waals surface area contributed by atoms with Crippen molar-refractivity contribution in [3.05, 3.63) is 0 Å². The van der Waals surface area contributed by atoms with Crippen molar-refractivity contribution in [2.75, 3.05) is 0 Å². The summed E-state index contributed by atoms with van der Waals surface area (Å²) >= 11 is 0. The summed E-state index contributed by atoms with van der Waals surface area (Å²) in [6.07, 6.45) is 4.90. The van der Waals surface area contributed by atoms with Gasteiger partial charge in [0, 0.05) is 77.0 Å². The van der Waals surface area contributed by atoms with Crippen LogP contribution >= 0.6 is 0 Å². The topological polar surface area (TPSA) is 23.8 Å². The first-order valence-electron chi connectivity index (χ1n) is 5.76. The molecule has 0 aliphatic carbocycles. The Bertz CT molecular complexity index is 1100. The first-order valence-corrected chi connectivity index (χ1v) is 5.76. The van der Waals surface area contributed by atoms with E-state index in [0.29, 0.717) is 0 Å². The number of rotatable bonds is 0. The SMILES string of the molecule is C.C.C.C.C.C.C.C.C#CC#CC#CC#CC#CC#CC#CC#CC#CC#CC#CC#N. The zero-order valence-corrected chi connectivity index (χ0v) is 12.0. The minimum atomic E-state index is 0. The molecule has 32 heavy (non-hydrogen) atoms. The second-order valence-corrected chi connectivity index (χ2v) is 2.76. The molecule has 0 radical (unpaired) electrons. The molecule has 0 N–H and O–H groups in total. The lowest BCUT2D eigenvalue weighted by atomic mass is 10.4. The molecule has 0 aromatic rings. The van der Waals surface area contributed by atoms with E-state index in [1.165, 1.54) is 0 Å². The van der Waals surface area contributed by atoms with Gasteiger partial charge in [0.15, 0.2) is 6.07 Å². The van der Waals surface area contributed by atoms with Gasteiger partial charge in [0.2, 0.25) is 0 Å².